The summed E-state index contributed by atoms with van der Waals surface area (Å²) in [6.45, 7) is 1.09. The lowest BCUT2D eigenvalue weighted by atomic mass is 10.1. The Morgan fingerprint density at radius 3 is 2.86 bits per heavy atom. The van der Waals surface area contributed by atoms with Crippen molar-refractivity contribution in [1.29, 1.82) is 0 Å². The van der Waals surface area contributed by atoms with Crippen molar-refractivity contribution in [3.8, 4) is 0 Å². The number of hydrogen-bond donors (Lipinski definition) is 1. The molecule has 1 aliphatic rings. The smallest absolute Gasteiger partial charge is 0.320 e. The normalized spacial score (nSPS) is 21.7. The predicted molar refractivity (Wildman–Crippen MR) is 52.9 cm³/mol. The molecule has 1 fully saturated rings. The second-order valence-electron chi connectivity index (χ2n) is 3.43. The van der Waals surface area contributed by atoms with Crippen molar-refractivity contribution in [2.75, 3.05) is 13.1 Å². The standard InChI is InChI=1S/C11H13NO2/c13-11-8-12-7-10(14-11)6-9-4-2-1-3-5-9/h1-5,10,12H,6-8H2/t10-/m0/s1. The first kappa shape index (κ1) is 9.21. The van der Waals surface area contributed by atoms with E-state index in [4.69, 9.17) is 4.74 Å². The Balaban J connectivity index is 1.94. The minimum atomic E-state index is -0.155. The topological polar surface area (TPSA) is 38.3 Å². The van der Waals surface area contributed by atoms with Crippen LogP contribution >= 0.6 is 0 Å². The van der Waals surface area contributed by atoms with E-state index in [2.05, 4.69) is 5.32 Å². The highest BCUT2D eigenvalue weighted by atomic mass is 16.5. The zero-order chi connectivity index (χ0) is 9.80. The molecule has 0 spiro atoms. The van der Waals surface area contributed by atoms with Crippen LogP contribution in [-0.2, 0) is 16.0 Å². The van der Waals surface area contributed by atoms with Gasteiger partial charge in [0.2, 0.25) is 0 Å². The minimum absolute atomic E-state index is 0.0151. The molecule has 0 amide bonds. The zero-order valence-corrected chi connectivity index (χ0v) is 7.90. The highest BCUT2D eigenvalue weighted by Gasteiger charge is 2.19. The second-order valence-corrected chi connectivity index (χ2v) is 3.43. The molecule has 0 aliphatic carbocycles. The quantitative estimate of drug-likeness (QED) is 0.701. The number of carbonyl (C=O) groups excluding carboxylic acids is 1. The molecule has 1 aromatic rings. The lowest BCUT2D eigenvalue weighted by molar-refractivity contribution is -0.151. The van der Waals surface area contributed by atoms with E-state index in [-0.39, 0.29) is 12.1 Å². The molecule has 1 saturated heterocycles. The molecule has 1 atom stereocenters. The number of morpholine rings is 1. The van der Waals surface area contributed by atoms with Crippen molar-refractivity contribution >= 4 is 5.97 Å². The summed E-state index contributed by atoms with van der Waals surface area (Å²) in [4.78, 5) is 11.0. The molecule has 0 bridgehead atoms. The zero-order valence-electron chi connectivity index (χ0n) is 7.90. The molecule has 0 radical (unpaired) electrons. The Morgan fingerprint density at radius 2 is 2.14 bits per heavy atom. The average molecular weight is 191 g/mol. The van der Waals surface area contributed by atoms with Crippen molar-refractivity contribution in [3.63, 3.8) is 0 Å². The summed E-state index contributed by atoms with van der Waals surface area (Å²) in [7, 11) is 0. The minimum Gasteiger partial charge on any atom is -0.460 e. The molecule has 1 aromatic carbocycles. The maximum Gasteiger partial charge on any atom is 0.320 e. The number of cyclic esters (lactones) is 1. The van der Waals surface area contributed by atoms with Gasteiger partial charge in [0.15, 0.2) is 0 Å². The SMILES string of the molecule is O=C1CNC[C@H](Cc2ccccc2)O1. The maximum atomic E-state index is 11.0. The van der Waals surface area contributed by atoms with Crippen LogP contribution in [0.4, 0.5) is 0 Å². The first-order valence-electron chi connectivity index (χ1n) is 4.79. The fourth-order valence-electron chi connectivity index (χ4n) is 1.60. The third kappa shape index (κ3) is 2.33. The number of nitrogens with one attached hydrogen (secondary N) is 1. The Bertz CT molecular complexity index is 310. The third-order valence-corrected chi connectivity index (χ3v) is 2.25. The summed E-state index contributed by atoms with van der Waals surface area (Å²) in [5, 5.41) is 3.03. The number of esters is 1. The molecule has 0 saturated carbocycles. The van der Waals surface area contributed by atoms with Crippen molar-refractivity contribution in [1.82, 2.24) is 5.32 Å². The van der Waals surface area contributed by atoms with Gasteiger partial charge in [-0.15, -0.1) is 0 Å². The molecule has 1 aliphatic heterocycles. The van der Waals surface area contributed by atoms with E-state index < -0.39 is 0 Å². The molecule has 1 N–H and O–H groups in total. The van der Waals surface area contributed by atoms with E-state index in [0.717, 1.165) is 13.0 Å². The van der Waals surface area contributed by atoms with Gasteiger partial charge in [-0.05, 0) is 5.56 Å². The lowest BCUT2D eigenvalue weighted by Crippen LogP contribution is -2.42. The van der Waals surface area contributed by atoms with Gasteiger partial charge in [-0.25, -0.2) is 0 Å². The molecule has 3 nitrogen and oxygen atoms in total. The number of hydrogen-bond acceptors (Lipinski definition) is 3. The molecule has 1 heterocycles. The highest BCUT2D eigenvalue weighted by Crippen LogP contribution is 2.07. The summed E-state index contributed by atoms with van der Waals surface area (Å²) >= 11 is 0. The molecular formula is C11H13NO2. The van der Waals surface area contributed by atoms with E-state index >= 15 is 0 Å². The van der Waals surface area contributed by atoms with Crippen LogP contribution in [0.5, 0.6) is 0 Å². The van der Waals surface area contributed by atoms with Crippen molar-refractivity contribution in [2.24, 2.45) is 0 Å². The molecule has 0 unspecified atom stereocenters. The van der Waals surface area contributed by atoms with E-state index in [0.29, 0.717) is 6.54 Å². The monoisotopic (exact) mass is 191 g/mol. The molecule has 2 rings (SSSR count). The van der Waals surface area contributed by atoms with E-state index in [9.17, 15) is 4.79 Å². The van der Waals surface area contributed by atoms with Crippen LogP contribution in [0.15, 0.2) is 30.3 Å². The van der Waals surface area contributed by atoms with Crippen molar-refractivity contribution in [3.05, 3.63) is 35.9 Å². The van der Waals surface area contributed by atoms with Crippen LogP contribution in [0.3, 0.4) is 0 Å². The predicted octanol–water partition coefficient (Wildman–Crippen LogP) is 0.744. The van der Waals surface area contributed by atoms with E-state index in [1.54, 1.807) is 0 Å². The van der Waals surface area contributed by atoms with E-state index in [1.165, 1.54) is 5.56 Å². The molecule has 3 heteroatoms. The Kier molecular flexibility index (Phi) is 2.79. The first-order chi connectivity index (χ1) is 6.84. The van der Waals surface area contributed by atoms with Gasteiger partial charge in [0.05, 0.1) is 6.54 Å². The van der Waals surface area contributed by atoms with Gasteiger partial charge in [0, 0.05) is 13.0 Å². The summed E-state index contributed by atoms with van der Waals surface area (Å²) in [5.41, 5.74) is 1.20. The fraction of sp³-hybridized carbons (Fsp3) is 0.364. The van der Waals surface area contributed by atoms with Crippen LogP contribution in [0.2, 0.25) is 0 Å². The Labute approximate surface area is 83.1 Å². The molecule has 14 heavy (non-hydrogen) atoms. The largest absolute Gasteiger partial charge is 0.460 e. The lowest BCUT2D eigenvalue weighted by Gasteiger charge is -2.23. The van der Waals surface area contributed by atoms with Crippen molar-refractivity contribution < 1.29 is 9.53 Å². The van der Waals surface area contributed by atoms with Crippen LogP contribution in [0.1, 0.15) is 5.56 Å². The summed E-state index contributed by atoms with van der Waals surface area (Å²) < 4.78 is 5.19. The first-order valence-corrected chi connectivity index (χ1v) is 4.79. The van der Waals surface area contributed by atoms with Crippen LogP contribution in [-0.4, -0.2) is 25.2 Å². The van der Waals surface area contributed by atoms with Gasteiger partial charge in [-0.2, -0.15) is 0 Å². The summed E-state index contributed by atoms with van der Waals surface area (Å²) in [5.74, 6) is -0.155. The number of rotatable bonds is 2. The average Bonchev–Trinajstić information content (AvgIpc) is 2.19. The van der Waals surface area contributed by atoms with Gasteiger partial charge in [-0.1, -0.05) is 30.3 Å². The van der Waals surface area contributed by atoms with Crippen LogP contribution in [0, 0.1) is 0 Å². The van der Waals surface area contributed by atoms with Gasteiger partial charge in [-0.3, -0.25) is 4.79 Å². The van der Waals surface area contributed by atoms with Gasteiger partial charge in [0.25, 0.3) is 0 Å². The number of carbonyl (C=O) groups is 1. The maximum absolute atomic E-state index is 11.0. The van der Waals surface area contributed by atoms with Gasteiger partial charge < -0.3 is 10.1 Å². The fourth-order valence-corrected chi connectivity index (χ4v) is 1.60. The summed E-state index contributed by atoms with van der Waals surface area (Å²) in [6.07, 6.45) is 0.776. The number of ether oxygens (including phenoxy) is 1. The number of benzene rings is 1. The van der Waals surface area contributed by atoms with Gasteiger partial charge in [0.1, 0.15) is 6.10 Å². The molecule has 74 valence electrons. The van der Waals surface area contributed by atoms with Crippen LogP contribution < -0.4 is 5.32 Å². The van der Waals surface area contributed by atoms with Crippen LogP contribution in [0.25, 0.3) is 0 Å². The molecule has 0 aromatic heterocycles. The third-order valence-electron chi connectivity index (χ3n) is 2.25. The Morgan fingerprint density at radius 1 is 1.36 bits per heavy atom. The molecular weight excluding hydrogens is 178 g/mol. The van der Waals surface area contributed by atoms with E-state index in [1.807, 2.05) is 30.3 Å². The van der Waals surface area contributed by atoms with Crippen molar-refractivity contribution in [2.45, 2.75) is 12.5 Å². The van der Waals surface area contributed by atoms with Gasteiger partial charge >= 0.3 is 5.97 Å². The highest BCUT2D eigenvalue weighted by molar-refractivity contribution is 5.72. The second kappa shape index (κ2) is 4.24. The Hall–Kier alpha value is -1.35. The summed E-state index contributed by atoms with van der Waals surface area (Å²) in [6, 6.07) is 10.1.